The summed E-state index contributed by atoms with van der Waals surface area (Å²) < 4.78 is 54.6. The molecule has 2 fully saturated rings. The van der Waals surface area contributed by atoms with Crippen molar-refractivity contribution in [2.75, 3.05) is 30.9 Å². The monoisotopic (exact) mass is 376 g/mol. The van der Waals surface area contributed by atoms with Gasteiger partial charge in [0.1, 0.15) is 11.5 Å². The van der Waals surface area contributed by atoms with Gasteiger partial charge >= 0.3 is 0 Å². The van der Waals surface area contributed by atoms with Crippen LogP contribution in [0, 0.1) is 13.8 Å². The molecule has 1 aromatic heterocycles. The summed E-state index contributed by atoms with van der Waals surface area (Å²) >= 11 is 0. The van der Waals surface area contributed by atoms with E-state index in [9.17, 15) is 21.6 Å². The van der Waals surface area contributed by atoms with Gasteiger partial charge < -0.3 is 9.32 Å². The smallest absolute Gasteiger partial charge is 0.257 e. The van der Waals surface area contributed by atoms with Gasteiger partial charge in [0.2, 0.25) is 10.0 Å². The van der Waals surface area contributed by atoms with Gasteiger partial charge in [-0.25, -0.2) is 16.8 Å². The highest BCUT2D eigenvalue weighted by atomic mass is 32.2. The molecule has 2 atom stereocenters. The third-order valence-corrected chi connectivity index (χ3v) is 7.59. The minimum absolute atomic E-state index is 0.0944. The highest BCUT2D eigenvalue weighted by Crippen LogP contribution is 2.30. The second-order valence-electron chi connectivity index (χ2n) is 6.41. The van der Waals surface area contributed by atoms with Gasteiger partial charge in [-0.1, -0.05) is 0 Å². The van der Waals surface area contributed by atoms with Gasteiger partial charge in [-0.05, 0) is 19.9 Å². The summed E-state index contributed by atoms with van der Waals surface area (Å²) in [5, 5.41) is 0. The predicted molar refractivity (Wildman–Crippen MR) is 87.0 cm³/mol. The molecule has 2 aliphatic rings. The van der Waals surface area contributed by atoms with E-state index >= 15 is 0 Å². The fraction of sp³-hybridized carbons (Fsp3) is 0.643. The van der Waals surface area contributed by atoms with Crippen LogP contribution >= 0.6 is 0 Å². The van der Waals surface area contributed by atoms with Crippen molar-refractivity contribution < 1.29 is 26.0 Å². The Kier molecular flexibility index (Phi) is 4.04. The molecule has 2 aliphatic heterocycles. The minimum atomic E-state index is -3.54. The van der Waals surface area contributed by atoms with E-state index in [0.29, 0.717) is 17.1 Å². The molecule has 0 N–H and O–H groups in total. The number of carbonyl (C=O) groups is 1. The van der Waals surface area contributed by atoms with Crippen molar-refractivity contribution in [3.63, 3.8) is 0 Å². The molecule has 0 aromatic carbocycles. The average Bonchev–Trinajstić information content (AvgIpc) is 2.93. The van der Waals surface area contributed by atoms with Crippen LogP contribution in [0.2, 0.25) is 0 Å². The van der Waals surface area contributed by atoms with E-state index in [-0.39, 0.29) is 30.5 Å². The third-order valence-electron chi connectivity index (χ3n) is 4.58. The molecule has 24 heavy (non-hydrogen) atoms. The molecular formula is C14H20N2O6S2. The van der Waals surface area contributed by atoms with Crippen LogP contribution in [-0.2, 0) is 19.9 Å². The van der Waals surface area contributed by atoms with E-state index in [4.69, 9.17) is 4.42 Å². The Balaban J connectivity index is 1.97. The van der Waals surface area contributed by atoms with Crippen molar-refractivity contribution in [1.29, 1.82) is 0 Å². The van der Waals surface area contributed by atoms with Crippen LogP contribution in [-0.4, -0.2) is 74.9 Å². The summed E-state index contributed by atoms with van der Waals surface area (Å²) in [7, 11) is -6.93. The Morgan fingerprint density at radius 3 is 2.38 bits per heavy atom. The number of hydrogen-bond donors (Lipinski definition) is 0. The lowest BCUT2D eigenvalue weighted by Gasteiger charge is -2.42. The molecule has 0 radical (unpaired) electrons. The van der Waals surface area contributed by atoms with Gasteiger partial charge in [-0.2, -0.15) is 4.31 Å². The van der Waals surface area contributed by atoms with E-state index < -0.39 is 31.9 Å². The first kappa shape index (κ1) is 17.4. The van der Waals surface area contributed by atoms with Crippen molar-refractivity contribution >= 4 is 25.8 Å². The number of hydrogen-bond acceptors (Lipinski definition) is 6. The van der Waals surface area contributed by atoms with Crippen LogP contribution < -0.4 is 0 Å². The highest BCUT2D eigenvalue weighted by Gasteiger charge is 2.50. The Hall–Kier alpha value is -1.39. The molecule has 3 rings (SSSR count). The fourth-order valence-electron chi connectivity index (χ4n) is 3.58. The number of furan rings is 1. The number of fused-ring (bicyclic) bond motifs is 1. The fourth-order valence-corrected chi connectivity index (χ4v) is 6.78. The average molecular weight is 376 g/mol. The molecular weight excluding hydrogens is 356 g/mol. The van der Waals surface area contributed by atoms with Crippen LogP contribution in [0.3, 0.4) is 0 Å². The second kappa shape index (κ2) is 5.57. The summed E-state index contributed by atoms with van der Waals surface area (Å²) in [5.74, 6) is 0.287. The molecule has 8 nitrogen and oxygen atoms in total. The molecule has 2 saturated heterocycles. The van der Waals surface area contributed by atoms with Crippen LogP contribution in [0.15, 0.2) is 10.5 Å². The first-order chi connectivity index (χ1) is 11.0. The zero-order chi connectivity index (χ0) is 17.9. The summed E-state index contributed by atoms with van der Waals surface area (Å²) in [6.45, 7) is 3.66. The van der Waals surface area contributed by atoms with Gasteiger partial charge in [0, 0.05) is 13.1 Å². The molecule has 1 amide bonds. The zero-order valence-corrected chi connectivity index (χ0v) is 15.4. The van der Waals surface area contributed by atoms with E-state index in [1.54, 1.807) is 19.9 Å². The molecule has 0 bridgehead atoms. The van der Waals surface area contributed by atoms with Gasteiger partial charge in [0.25, 0.3) is 5.91 Å². The lowest BCUT2D eigenvalue weighted by Crippen LogP contribution is -2.61. The molecule has 0 aliphatic carbocycles. The minimum Gasteiger partial charge on any atom is -0.466 e. The number of rotatable bonds is 2. The van der Waals surface area contributed by atoms with Crippen molar-refractivity contribution in [3.05, 3.63) is 23.2 Å². The largest absolute Gasteiger partial charge is 0.466 e. The molecule has 0 saturated carbocycles. The van der Waals surface area contributed by atoms with Crippen LogP contribution in [0.5, 0.6) is 0 Å². The maximum atomic E-state index is 12.8. The summed E-state index contributed by atoms with van der Waals surface area (Å²) in [4.78, 5) is 14.3. The summed E-state index contributed by atoms with van der Waals surface area (Å²) in [6.07, 6.45) is 1.07. The van der Waals surface area contributed by atoms with Crippen molar-refractivity contribution in [2.45, 2.75) is 25.9 Å². The topological polar surface area (TPSA) is 105 Å². The van der Waals surface area contributed by atoms with E-state index in [2.05, 4.69) is 0 Å². The molecule has 10 heteroatoms. The molecule has 0 spiro atoms. The number of carbonyl (C=O) groups excluding carboxylic acids is 1. The molecule has 0 unspecified atom stereocenters. The standard InChI is InChI=1S/C14H20N2O6S2/c1-9-6-11(10(2)22-9)14(17)15-4-5-16(23(3,18)19)13-8-24(20,21)7-12(13)15/h6,12-13H,4-5,7-8H2,1-3H3/t12-,13+/m1/s1. The Morgan fingerprint density at radius 1 is 1.21 bits per heavy atom. The van der Waals surface area contributed by atoms with E-state index in [1.165, 1.54) is 9.21 Å². The van der Waals surface area contributed by atoms with Crippen LogP contribution in [0.25, 0.3) is 0 Å². The van der Waals surface area contributed by atoms with Crippen LogP contribution in [0.4, 0.5) is 0 Å². The maximum Gasteiger partial charge on any atom is 0.257 e. The quantitative estimate of drug-likeness (QED) is 0.707. The van der Waals surface area contributed by atoms with E-state index in [0.717, 1.165) is 6.26 Å². The Morgan fingerprint density at radius 2 is 1.83 bits per heavy atom. The Bertz CT molecular complexity index is 886. The highest BCUT2D eigenvalue weighted by molar-refractivity contribution is 7.92. The van der Waals surface area contributed by atoms with Gasteiger partial charge in [0.05, 0.1) is 35.4 Å². The van der Waals surface area contributed by atoms with Crippen LogP contribution in [0.1, 0.15) is 21.9 Å². The zero-order valence-electron chi connectivity index (χ0n) is 13.7. The van der Waals surface area contributed by atoms with Gasteiger partial charge in [-0.15, -0.1) is 0 Å². The number of amides is 1. The maximum absolute atomic E-state index is 12.8. The van der Waals surface area contributed by atoms with Crippen molar-refractivity contribution in [2.24, 2.45) is 0 Å². The summed E-state index contributed by atoms with van der Waals surface area (Å²) in [5.41, 5.74) is 0.392. The van der Waals surface area contributed by atoms with Gasteiger partial charge in [0.15, 0.2) is 9.84 Å². The number of sulfone groups is 1. The SMILES string of the molecule is Cc1cc(C(=O)N2CCN(S(C)(=O)=O)[C@H]3CS(=O)(=O)C[C@H]32)c(C)o1. The second-order valence-corrected chi connectivity index (χ2v) is 10.5. The van der Waals surface area contributed by atoms with E-state index in [1.807, 2.05) is 0 Å². The first-order valence-electron chi connectivity index (χ1n) is 7.55. The van der Waals surface area contributed by atoms with Crippen molar-refractivity contribution in [3.8, 4) is 0 Å². The lowest BCUT2D eigenvalue weighted by molar-refractivity contribution is 0.0515. The normalized spacial score (nSPS) is 27.2. The molecule has 1 aromatic rings. The summed E-state index contributed by atoms with van der Waals surface area (Å²) in [6, 6.07) is 0.232. The number of sulfonamides is 1. The number of nitrogens with zero attached hydrogens (tertiary/aromatic N) is 2. The molecule has 134 valence electrons. The Labute approximate surface area is 141 Å². The lowest BCUT2D eigenvalue weighted by atomic mass is 10.1. The number of aryl methyl sites for hydroxylation is 2. The molecule has 3 heterocycles. The van der Waals surface area contributed by atoms with Crippen molar-refractivity contribution in [1.82, 2.24) is 9.21 Å². The number of piperazine rings is 1. The first-order valence-corrected chi connectivity index (χ1v) is 11.2. The predicted octanol–water partition coefficient (Wildman–Crippen LogP) is -0.221. The van der Waals surface area contributed by atoms with Gasteiger partial charge in [-0.3, -0.25) is 4.79 Å². The third kappa shape index (κ3) is 2.98.